The first-order chi connectivity index (χ1) is 17.1. The van der Waals surface area contributed by atoms with Crippen LogP contribution in [0.5, 0.6) is 0 Å². The molecule has 3 saturated carbocycles. The van der Waals surface area contributed by atoms with Gasteiger partial charge in [-0.1, -0.05) is 106 Å². The van der Waals surface area contributed by atoms with E-state index in [2.05, 4.69) is 93.8 Å². The van der Waals surface area contributed by atoms with Crippen LogP contribution < -0.4 is 0 Å². The summed E-state index contributed by atoms with van der Waals surface area (Å²) in [6.45, 7) is 33.0. The maximum absolute atomic E-state index is 6.91. The number of allylic oxidation sites excluding steroid dienone is 3. The summed E-state index contributed by atoms with van der Waals surface area (Å²) in [5, 5.41) is 0.178. The quantitative estimate of drug-likeness (QED) is 0.226. The molecule has 0 bridgehead atoms. The molecule has 2 heteroatoms. The first-order valence-electron chi connectivity index (χ1n) is 15.5. The van der Waals surface area contributed by atoms with Crippen molar-refractivity contribution in [3.63, 3.8) is 0 Å². The van der Waals surface area contributed by atoms with Crippen LogP contribution in [0, 0.1) is 35.0 Å². The molecule has 0 aliphatic heterocycles. The van der Waals surface area contributed by atoms with E-state index in [1.807, 2.05) is 0 Å². The van der Waals surface area contributed by atoms with Crippen molar-refractivity contribution >= 4 is 8.32 Å². The van der Waals surface area contributed by atoms with Crippen molar-refractivity contribution < 1.29 is 4.43 Å². The molecule has 6 atom stereocenters. The molecule has 0 spiro atoms. The lowest BCUT2D eigenvalue weighted by Crippen LogP contribution is -2.46. The zero-order valence-corrected chi connectivity index (χ0v) is 27.3. The molecule has 0 aromatic rings. The van der Waals surface area contributed by atoms with Gasteiger partial charge in [0.1, 0.15) is 0 Å². The minimum Gasteiger partial charge on any atom is -0.406 e. The zero-order chi connectivity index (χ0) is 27.8. The lowest BCUT2D eigenvalue weighted by Gasteiger charge is -2.44. The molecule has 3 fully saturated rings. The van der Waals surface area contributed by atoms with Crippen LogP contribution in [-0.4, -0.2) is 14.4 Å². The molecular formula is C35H60OSi. The lowest BCUT2D eigenvalue weighted by molar-refractivity contribution is 0.0929. The van der Waals surface area contributed by atoms with Crippen molar-refractivity contribution in [3.8, 4) is 0 Å². The summed E-state index contributed by atoms with van der Waals surface area (Å²) >= 11 is 0. The topological polar surface area (TPSA) is 9.23 Å². The first kappa shape index (κ1) is 30.7. The van der Waals surface area contributed by atoms with E-state index in [4.69, 9.17) is 4.43 Å². The van der Waals surface area contributed by atoms with Crippen molar-refractivity contribution in [2.75, 3.05) is 0 Å². The molecule has 3 rings (SSSR count). The lowest BCUT2D eigenvalue weighted by atomic mass is 9.60. The summed E-state index contributed by atoms with van der Waals surface area (Å²) in [5.41, 5.74) is 5.96. The highest BCUT2D eigenvalue weighted by atomic mass is 28.4. The number of fused-ring (bicyclic) bond motifs is 1. The molecular weight excluding hydrogens is 464 g/mol. The molecule has 0 radical (unpaired) electrons. The Morgan fingerprint density at radius 3 is 2.38 bits per heavy atom. The Labute approximate surface area is 232 Å². The van der Waals surface area contributed by atoms with Crippen LogP contribution in [0.1, 0.15) is 113 Å². The third-order valence-corrected chi connectivity index (χ3v) is 15.5. The van der Waals surface area contributed by atoms with E-state index in [1.165, 1.54) is 62.5 Å². The Hall–Kier alpha value is -0.863. The summed E-state index contributed by atoms with van der Waals surface area (Å²) in [6.07, 6.45) is 17.0. The van der Waals surface area contributed by atoms with Crippen molar-refractivity contribution in [2.24, 2.45) is 35.0 Å². The standard InChI is InChI=1S/C35H60OSi/c1-24(2)15-13-16-25(3)31-20-21-32-29(17-14-22-35(31,32)10)18-19-30-23-26(4)27(5)33(28(30)6)36-37(11,12)34(7,8)9/h18-19,24-26,31-33H,5-6,13-17,20-23H2,1-4,7-12H3/b29-18+,30-19-/t25?,26-,31-,32+,33+,35-/m1/s1. The number of hydrogen-bond acceptors (Lipinski definition) is 1. The number of rotatable bonds is 8. The van der Waals surface area contributed by atoms with Gasteiger partial charge >= 0.3 is 0 Å². The third kappa shape index (κ3) is 6.66. The normalized spacial score (nSPS) is 34.5. The average molecular weight is 525 g/mol. The summed E-state index contributed by atoms with van der Waals surface area (Å²) < 4.78 is 6.91. The van der Waals surface area contributed by atoms with Crippen LogP contribution in [0.3, 0.4) is 0 Å². The Morgan fingerprint density at radius 2 is 1.76 bits per heavy atom. The van der Waals surface area contributed by atoms with E-state index < -0.39 is 8.32 Å². The Kier molecular flexibility index (Phi) is 9.71. The zero-order valence-electron chi connectivity index (χ0n) is 26.3. The minimum absolute atomic E-state index is 0.0338. The molecule has 1 nitrogen and oxygen atoms in total. The van der Waals surface area contributed by atoms with Gasteiger partial charge in [-0.2, -0.15) is 0 Å². The summed E-state index contributed by atoms with van der Waals surface area (Å²) in [7, 11) is -1.92. The Morgan fingerprint density at radius 1 is 1.08 bits per heavy atom. The molecule has 0 aromatic carbocycles. The first-order valence-corrected chi connectivity index (χ1v) is 18.4. The van der Waals surface area contributed by atoms with Crippen LogP contribution in [0.4, 0.5) is 0 Å². The van der Waals surface area contributed by atoms with Crippen LogP contribution >= 0.6 is 0 Å². The maximum atomic E-state index is 6.91. The molecule has 0 N–H and O–H groups in total. The molecule has 37 heavy (non-hydrogen) atoms. The highest BCUT2D eigenvalue weighted by molar-refractivity contribution is 6.74. The van der Waals surface area contributed by atoms with Gasteiger partial charge in [0.2, 0.25) is 0 Å². The second-order valence-corrected chi connectivity index (χ2v) is 20.1. The van der Waals surface area contributed by atoms with E-state index in [9.17, 15) is 0 Å². The van der Waals surface area contributed by atoms with Crippen LogP contribution in [0.15, 0.2) is 47.6 Å². The molecule has 3 aliphatic rings. The predicted molar refractivity (Wildman–Crippen MR) is 166 cm³/mol. The van der Waals surface area contributed by atoms with Gasteiger partial charge in [0, 0.05) is 0 Å². The fraction of sp³-hybridized carbons (Fsp3) is 0.771. The van der Waals surface area contributed by atoms with Crippen LogP contribution in [0.25, 0.3) is 0 Å². The van der Waals surface area contributed by atoms with Gasteiger partial charge in [-0.15, -0.1) is 0 Å². The van der Waals surface area contributed by atoms with Crippen LogP contribution in [0.2, 0.25) is 18.1 Å². The van der Waals surface area contributed by atoms with Crippen molar-refractivity contribution in [3.05, 3.63) is 47.6 Å². The van der Waals surface area contributed by atoms with Gasteiger partial charge in [0.05, 0.1) is 6.10 Å². The van der Waals surface area contributed by atoms with Crippen LogP contribution in [-0.2, 0) is 4.43 Å². The molecule has 0 heterocycles. The van der Waals surface area contributed by atoms with Gasteiger partial charge in [-0.25, -0.2) is 0 Å². The Balaban J connectivity index is 1.78. The van der Waals surface area contributed by atoms with E-state index >= 15 is 0 Å². The average Bonchev–Trinajstić information content (AvgIpc) is 3.14. The Bertz CT molecular complexity index is 897. The van der Waals surface area contributed by atoms with E-state index in [0.717, 1.165) is 35.7 Å². The molecule has 0 saturated heterocycles. The summed E-state index contributed by atoms with van der Waals surface area (Å²) in [5.74, 6) is 3.77. The third-order valence-electron chi connectivity index (χ3n) is 11.1. The monoisotopic (exact) mass is 524 g/mol. The molecule has 3 aliphatic carbocycles. The van der Waals surface area contributed by atoms with E-state index in [0.29, 0.717) is 11.3 Å². The predicted octanol–water partition coefficient (Wildman–Crippen LogP) is 11.1. The van der Waals surface area contributed by atoms with Crippen molar-refractivity contribution in [1.29, 1.82) is 0 Å². The van der Waals surface area contributed by atoms with Gasteiger partial charge < -0.3 is 4.43 Å². The van der Waals surface area contributed by atoms with E-state index in [1.54, 1.807) is 5.57 Å². The van der Waals surface area contributed by atoms with Crippen molar-refractivity contribution in [2.45, 2.75) is 137 Å². The fourth-order valence-corrected chi connectivity index (χ4v) is 8.74. The molecule has 0 amide bonds. The van der Waals surface area contributed by atoms with Gasteiger partial charge in [-0.05, 0) is 108 Å². The largest absolute Gasteiger partial charge is 0.406 e. The smallest absolute Gasteiger partial charge is 0.193 e. The molecule has 1 unspecified atom stereocenters. The minimum atomic E-state index is -1.92. The number of hydrogen-bond donors (Lipinski definition) is 0. The molecule has 210 valence electrons. The van der Waals surface area contributed by atoms with Gasteiger partial charge in [-0.3, -0.25) is 0 Å². The molecule has 0 aromatic heterocycles. The SMILES string of the molecule is C=C1/C(=C\C=C2/CCC[C@]3(C)[C@@H](C(C)CCCC(C)C)CC[C@@H]23)C[C@@H](C)C(=C)[C@@H]1O[Si](C)(C)C(C)(C)C. The van der Waals surface area contributed by atoms with Gasteiger partial charge in [0.15, 0.2) is 8.32 Å². The summed E-state index contributed by atoms with van der Waals surface area (Å²) in [6, 6.07) is 0. The summed E-state index contributed by atoms with van der Waals surface area (Å²) in [4.78, 5) is 0. The maximum Gasteiger partial charge on any atom is 0.193 e. The highest BCUT2D eigenvalue weighted by Crippen LogP contribution is 2.60. The highest BCUT2D eigenvalue weighted by Gasteiger charge is 2.50. The second-order valence-electron chi connectivity index (χ2n) is 15.3. The second kappa shape index (κ2) is 11.7. The van der Waals surface area contributed by atoms with E-state index in [-0.39, 0.29) is 11.1 Å². The van der Waals surface area contributed by atoms with Gasteiger partial charge in [0.25, 0.3) is 0 Å². The fourth-order valence-electron chi connectivity index (χ4n) is 7.51. The van der Waals surface area contributed by atoms with Crippen molar-refractivity contribution in [1.82, 2.24) is 0 Å².